The molecule has 1 unspecified atom stereocenters. The van der Waals surface area contributed by atoms with E-state index in [0.717, 1.165) is 26.7 Å². The summed E-state index contributed by atoms with van der Waals surface area (Å²) in [6.45, 7) is 3.52. The van der Waals surface area contributed by atoms with E-state index < -0.39 is 27.0 Å². The summed E-state index contributed by atoms with van der Waals surface area (Å²) in [6, 6.07) is 11.0. The maximum absolute atomic E-state index is 13.1. The third-order valence-corrected chi connectivity index (χ3v) is 6.66. The monoisotopic (exact) mass is 443 g/mol. The average Bonchev–Trinajstić information content (AvgIpc) is 3.01. The van der Waals surface area contributed by atoms with E-state index in [1.54, 1.807) is 24.3 Å². The number of fused-ring (bicyclic) bond motifs is 1. The molecule has 3 rings (SSSR count). The molecule has 0 bridgehead atoms. The highest BCUT2D eigenvalue weighted by atomic mass is 79.9. The van der Waals surface area contributed by atoms with Crippen molar-refractivity contribution in [3.8, 4) is 0 Å². The summed E-state index contributed by atoms with van der Waals surface area (Å²) in [4.78, 5) is 0. The van der Waals surface area contributed by atoms with Crippen molar-refractivity contribution in [1.29, 1.82) is 0 Å². The van der Waals surface area contributed by atoms with Gasteiger partial charge >= 0.3 is 6.18 Å². The fourth-order valence-electron chi connectivity index (χ4n) is 2.77. The molecule has 1 heterocycles. The van der Waals surface area contributed by atoms with Crippen molar-refractivity contribution in [3.63, 3.8) is 0 Å². The van der Waals surface area contributed by atoms with Crippen molar-refractivity contribution in [3.05, 3.63) is 83.0 Å². The molecule has 0 amide bonds. The van der Waals surface area contributed by atoms with Crippen LogP contribution in [0.3, 0.4) is 0 Å². The lowest BCUT2D eigenvalue weighted by Crippen LogP contribution is -2.19. The molecule has 8 heteroatoms. The first-order valence-corrected chi connectivity index (χ1v) is 9.75. The molecule has 1 atom stereocenters. The van der Waals surface area contributed by atoms with Crippen LogP contribution in [0, 0.1) is 0 Å². The molecule has 0 saturated carbocycles. The fourth-order valence-corrected chi connectivity index (χ4v) is 4.90. The first-order valence-electron chi connectivity index (χ1n) is 7.46. The van der Waals surface area contributed by atoms with E-state index in [2.05, 4.69) is 22.5 Å². The highest BCUT2D eigenvalue weighted by Crippen LogP contribution is 2.35. The van der Waals surface area contributed by atoms with E-state index in [4.69, 9.17) is 0 Å². The molecule has 0 aliphatic carbocycles. The highest BCUT2D eigenvalue weighted by molar-refractivity contribution is 9.10. The van der Waals surface area contributed by atoms with Crippen molar-refractivity contribution in [2.45, 2.75) is 11.4 Å². The number of halogens is 4. The molecule has 0 aliphatic heterocycles. The second-order valence-corrected chi connectivity index (χ2v) is 8.39. The molecule has 3 aromatic rings. The molecular weight excluding hydrogens is 431 g/mol. The Kier molecular flexibility index (Phi) is 4.74. The van der Waals surface area contributed by atoms with Crippen LogP contribution in [0.25, 0.3) is 10.9 Å². The van der Waals surface area contributed by atoms with Crippen LogP contribution < -0.4 is 0 Å². The Bertz CT molecular complexity index is 1090. The predicted octanol–water partition coefficient (Wildman–Crippen LogP) is 5.53. The minimum Gasteiger partial charge on any atom is -0.244 e. The summed E-state index contributed by atoms with van der Waals surface area (Å²) in [5.74, 6) is 0. The summed E-state index contributed by atoms with van der Waals surface area (Å²) in [7, 11) is -4.06. The fraction of sp³-hybridized carbons (Fsp3) is 0.111. The molecular formula is C18H13BrF3NO2S. The third kappa shape index (κ3) is 3.19. The minimum atomic E-state index is -4.56. The van der Waals surface area contributed by atoms with Crippen LogP contribution in [0.15, 0.2) is 71.9 Å². The molecule has 136 valence electrons. The summed E-state index contributed by atoms with van der Waals surface area (Å²) >= 11 is 3.35. The third-order valence-electron chi connectivity index (χ3n) is 4.00. The minimum absolute atomic E-state index is 0.00618. The van der Waals surface area contributed by atoms with E-state index in [1.807, 2.05) is 0 Å². The van der Waals surface area contributed by atoms with Gasteiger partial charge in [-0.3, -0.25) is 0 Å². The molecule has 0 spiro atoms. The first kappa shape index (κ1) is 18.7. The van der Waals surface area contributed by atoms with Crippen LogP contribution in [0.4, 0.5) is 13.2 Å². The average molecular weight is 444 g/mol. The van der Waals surface area contributed by atoms with Gasteiger partial charge in [-0.25, -0.2) is 12.4 Å². The SMILES string of the molecule is C=CC(c1cccc(C(F)(F)F)c1)S(=O)(=O)n1ccc2c(Br)cccc21. The van der Waals surface area contributed by atoms with Crippen LogP contribution in [0.2, 0.25) is 0 Å². The Hall–Kier alpha value is -2.06. The quantitative estimate of drug-likeness (QED) is 0.497. The lowest BCUT2D eigenvalue weighted by molar-refractivity contribution is -0.137. The van der Waals surface area contributed by atoms with Gasteiger partial charge in [0, 0.05) is 16.1 Å². The van der Waals surface area contributed by atoms with Crippen LogP contribution in [0.1, 0.15) is 16.4 Å². The van der Waals surface area contributed by atoms with Gasteiger partial charge in [0.15, 0.2) is 0 Å². The van der Waals surface area contributed by atoms with Gasteiger partial charge in [0.05, 0.1) is 11.1 Å². The van der Waals surface area contributed by atoms with Crippen molar-refractivity contribution in [2.75, 3.05) is 0 Å². The van der Waals surface area contributed by atoms with E-state index >= 15 is 0 Å². The topological polar surface area (TPSA) is 39.1 Å². The van der Waals surface area contributed by atoms with Crippen molar-refractivity contribution in [2.24, 2.45) is 0 Å². The van der Waals surface area contributed by atoms with Gasteiger partial charge in [-0.15, -0.1) is 6.58 Å². The Morgan fingerprint density at radius 3 is 2.46 bits per heavy atom. The normalized spacial score (nSPS) is 13.7. The lowest BCUT2D eigenvalue weighted by Gasteiger charge is -2.17. The second-order valence-electron chi connectivity index (χ2n) is 5.61. The van der Waals surface area contributed by atoms with Gasteiger partial charge in [-0.1, -0.05) is 46.3 Å². The van der Waals surface area contributed by atoms with Gasteiger partial charge in [0.25, 0.3) is 0 Å². The van der Waals surface area contributed by atoms with Gasteiger partial charge in [0.2, 0.25) is 10.0 Å². The molecule has 1 aromatic heterocycles. The summed E-state index contributed by atoms with van der Waals surface area (Å²) < 4.78 is 66.9. The zero-order valence-electron chi connectivity index (χ0n) is 13.2. The Balaban J connectivity index is 2.15. The lowest BCUT2D eigenvalue weighted by atomic mass is 10.1. The predicted molar refractivity (Wildman–Crippen MR) is 98.3 cm³/mol. The largest absolute Gasteiger partial charge is 0.416 e. The van der Waals surface area contributed by atoms with Gasteiger partial charge < -0.3 is 0 Å². The van der Waals surface area contributed by atoms with Crippen molar-refractivity contribution >= 4 is 36.9 Å². The summed E-state index contributed by atoms with van der Waals surface area (Å²) in [5.41, 5.74) is -0.470. The Morgan fingerprint density at radius 2 is 1.81 bits per heavy atom. The van der Waals surface area contributed by atoms with Crippen molar-refractivity contribution < 1.29 is 21.6 Å². The molecule has 2 aromatic carbocycles. The highest BCUT2D eigenvalue weighted by Gasteiger charge is 2.33. The molecule has 0 N–H and O–H groups in total. The second kappa shape index (κ2) is 6.59. The smallest absolute Gasteiger partial charge is 0.244 e. The van der Waals surface area contributed by atoms with Crippen LogP contribution in [0.5, 0.6) is 0 Å². The van der Waals surface area contributed by atoms with E-state index in [-0.39, 0.29) is 5.56 Å². The standard InChI is InChI=1S/C18H13BrF3NO2S/c1-2-17(12-5-3-6-13(11-12)18(20,21)22)26(24,25)23-10-9-14-15(19)7-4-8-16(14)23/h2-11,17H,1H2. The molecule has 3 nitrogen and oxygen atoms in total. The molecule has 0 aliphatic rings. The van der Waals surface area contributed by atoms with Crippen molar-refractivity contribution in [1.82, 2.24) is 3.97 Å². The van der Waals surface area contributed by atoms with Gasteiger partial charge in [-0.2, -0.15) is 13.2 Å². The molecule has 26 heavy (non-hydrogen) atoms. The number of alkyl halides is 3. The number of hydrogen-bond donors (Lipinski definition) is 0. The molecule has 0 fully saturated rings. The zero-order chi connectivity index (χ0) is 19.1. The van der Waals surface area contributed by atoms with E-state index in [9.17, 15) is 21.6 Å². The first-order chi connectivity index (χ1) is 12.2. The maximum Gasteiger partial charge on any atom is 0.416 e. The number of hydrogen-bond acceptors (Lipinski definition) is 2. The van der Waals surface area contributed by atoms with E-state index in [1.165, 1.54) is 18.3 Å². The molecule has 0 radical (unpaired) electrons. The summed E-state index contributed by atoms with van der Waals surface area (Å²) in [6.07, 6.45) is -2.04. The van der Waals surface area contributed by atoms with Gasteiger partial charge in [0.1, 0.15) is 5.25 Å². The van der Waals surface area contributed by atoms with Crippen LogP contribution in [-0.2, 0) is 16.2 Å². The molecule has 0 saturated heterocycles. The number of rotatable bonds is 4. The Labute approximate surface area is 156 Å². The number of benzene rings is 2. The number of aromatic nitrogens is 1. The van der Waals surface area contributed by atoms with E-state index in [0.29, 0.717) is 10.9 Å². The van der Waals surface area contributed by atoms with Gasteiger partial charge in [-0.05, 0) is 29.8 Å². The Morgan fingerprint density at radius 1 is 1.12 bits per heavy atom. The summed E-state index contributed by atoms with van der Waals surface area (Å²) in [5, 5.41) is -0.637. The van der Waals surface area contributed by atoms with Crippen LogP contribution in [-0.4, -0.2) is 12.4 Å². The zero-order valence-corrected chi connectivity index (χ0v) is 15.6. The maximum atomic E-state index is 13.1. The number of nitrogens with zero attached hydrogens (tertiary/aromatic N) is 1. The van der Waals surface area contributed by atoms with Crippen LogP contribution >= 0.6 is 15.9 Å².